The molecule has 0 aliphatic carbocycles. The van der Waals surface area contributed by atoms with E-state index in [0.717, 1.165) is 35.6 Å². The van der Waals surface area contributed by atoms with Crippen molar-refractivity contribution in [2.24, 2.45) is 11.3 Å². The van der Waals surface area contributed by atoms with E-state index in [0.29, 0.717) is 11.8 Å². The predicted octanol–water partition coefficient (Wildman–Crippen LogP) is 4.51. The van der Waals surface area contributed by atoms with Crippen LogP contribution in [0.5, 0.6) is 5.75 Å². The van der Waals surface area contributed by atoms with Crippen molar-refractivity contribution in [2.45, 2.75) is 40.7 Å². The van der Waals surface area contributed by atoms with Gasteiger partial charge in [0.2, 0.25) is 0 Å². The van der Waals surface area contributed by atoms with Gasteiger partial charge < -0.3 is 9.30 Å². The maximum Gasteiger partial charge on any atom is 0.121 e. The van der Waals surface area contributed by atoms with Gasteiger partial charge in [0, 0.05) is 24.9 Å². The Morgan fingerprint density at radius 1 is 1.33 bits per heavy atom. The van der Waals surface area contributed by atoms with E-state index < -0.39 is 0 Å². The van der Waals surface area contributed by atoms with Crippen LogP contribution in [0.4, 0.5) is 0 Å². The van der Waals surface area contributed by atoms with Crippen LogP contribution < -0.4 is 4.74 Å². The molecule has 0 aliphatic heterocycles. The number of benzene rings is 1. The van der Waals surface area contributed by atoms with Crippen molar-refractivity contribution in [3.63, 3.8) is 0 Å². The van der Waals surface area contributed by atoms with E-state index in [9.17, 15) is 0 Å². The normalized spacial score (nSPS) is 13.6. The van der Waals surface area contributed by atoms with Crippen molar-refractivity contribution in [3.05, 3.63) is 24.0 Å². The molecule has 0 aliphatic rings. The minimum atomic E-state index is 0.265. The molecule has 0 saturated heterocycles. The first kappa shape index (κ1) is 16.2. The number of fused-ring (bicyclic) bond motifs is 1. The minimum absolute atomic E-state index is 0.265. The molecule has 0 bridgehead atoms. The van der Waals surface area contributed by atoms with Crippen molar-refractivity contribution >= 4 is 22.6 Å². The Bertz CT molecular complexity index is 613. The molecule has 116 valence electrons. The molecule has 0 fully saturated rings. The Morgan fingerprint density at radius 3 is 2.62 bits per heavy atom. The van der Waals surface area contributed by atoms with Crippen LogP contribution in [-0.4, -0.2) is 22.5 Å². The largest absolute Gasteiger partial charge is 0.497 e. The third-order valence-corrected chi connectivity index (χ3v) is 4.48. The molecule has 0 spiro atoms. The Balaban J connectivity index is 2.46. The number of nitrogens with zero attached hydrogens (tertiary/aromatic N) is 2. The van der Waals surface area contributed by atoms with Gasteiger partial charge in [-0.25, -0.2) is 4.98 Å². The van der Waals surface area contributed by atoms with E-state index in [1.807, 2.05) is 12.1 Å². The maximum atomic E-state index is 5.94. The van der Waals surface area contributed by atoms with Crippen LogP contribution in [0.25, 0.3) is 11.0 Å². The lowest BCUT2D eigenvalue weighted by Crippen LogP contribution is -2.23. The number of aryl methyl sites for hydroxylation is 1. The predicted molar refractivity (Wildman–Crippen MR) is 89.3 cm³/mol. The minimum Gasteiger partial charge on any atom is -0.497 e. The Kier molecular flexibility index (Phi) is 4.82. The Hall–Kier alpha value is -1.22. The van der Waals surface area contributed by atoms with E-state index in [1.54, 1.807) is 7.11 Å². The Morgan fingerprint density at radius 2 is 2.05 bits per heavy atom. The quantitative estimate of drug-likeness (QED) is 0.760. The third kappa shape index (κ3) is 3.52. The van der Waals surface area contributed by atoms with Gasteiger partial charge in [-0.15, -0.1) is 11.6 Å². The van der Waals surface area contributed by atoms with Gasteiger partial charge in [0.05, 0.1) is 18.1 Å². The fraction of sp³-hybridized carbons (Fsp3) is 0.588. The van der Waals surface area contributed by atoms with Gasteiger partial charge in [-0.2, -0.15) is 0 Å². The van der Waals surface area contributed by atoms with Crippen LogP contribution in [0.15, 0.2) is 18.2 Å². The van der Waals surface area contributed by atoms with E-state index in [-0.39, 0.29) is 5.41 Å². The molecule has 1 unspecified atom stereocenters. The highest BCUT2D eigenvalue weighted by molar-refractivity contribution is 6.17. The van der Waals surface area contributed by atoms with Gasteiger partial charge in [-0.1, -0.05) is 27.7 Å². The summed E-state index contributed by atoms with van der Waals surface area (Å²) in [6.07, 6.45) is 0.787. The number of rotatable bonds is 5. The molecule has 0 amide bonds. The van der Waals surface area contributed by atoms with Crippen molar-refractivity contribution in [3.8, 4) is 5.75 Å². The second kappa shape index (κ2) is 6.27. The summed E-state index contributed by atoms with van der Waals surface area (Å²) in [5.74, 6) is 3.04. The molecule has 1 aromatic heterocycles. The second-order valence-corrected chi connectivity index (χ2v) is 7.08. The molecule has 0 N–H and O–H groups in total. The third-order valence-electron chi connectivity index (χ3n) is 4.29. The van der Waals surface area contributed by atoms with Crippen molar-refractivity contribution in [1.29, 1.82) is 0 Å². The van der Waals surface area contributed by atoms with Gasteiger partial charge in [0.25, 0.3) is 0 Å². The number of imidazole rings is 1. The molecule has 0 saturated carbocycles. The first-order valence-corrected chi connectivity index (χ1v) is 7.99. The van der Waals surface area contributed by atoms with E-state index >= 15 is 0 Å². The number of ether oxygens (including phenoxy) is 1. The Labute approximate surface area is 132 Å². The van der Waals surface area contributed by atoms with Gasteiger partial charge in [0.15, 0.2) is 0 Å². The molecule has 21 heavy (non-hydrogen) atoms. The summed E-state index contributed by atoms with van der Waals surface area (Å²) < 4.78 is 7.60. The molecule has 1 heterocycles. The molecule has 4 heteroatoms. The molecular weight excluding hydrogens is 284 g/mol. The standard InChI is InChI=1S/C17H25ClN2O/c1-12(17(2,3)4)11-20-15-7-6-13(21-5)10-14(15)19-16(20)8-9-18/h6-7,10,12H,8-9,11H2,1-5H3. The summed E-state index contributed by atoms with van der Waals surface area (Å²) >= 11 is 5.94. The summed E-state index contributed by atoms with van der Waals surface area (Å²) in [7, 11) is 1.68. The first-order chi connectivity index (χ1) is 9.86. The SMILES string of the molecule is COc1ccc2c(c1)nc(CCCl)n2CC(C)C(C)(C)C. The summed E-state index contributed by atoms with van der Waals surface area (Å²) in [6.45, 7) is 10.1. The second-order valence-electron chi connectivity index (χ2n) is 6.70. The highest BCUT2D eigenvalue weighted by Crippen LogP contribution is 2.30. The molecule has 3 nitrogen and oxygen atoms in total. The number of aromatic nitrogens is 2. The lowest BCUT2D eigenvalue weighted by molar-refractivity contribution is 0.233. The van der Waals surface area contributed by atoms with Crippen molar-refractivity contribution < 1.29 is 4.74 Å². The molecular formula is C17H25ClN2O. The molecule has 1 aromatic carbocycles. The zero-order valence-corrected chi connectivity index (χ0v) is 14.4. The summed E-state index contributed by atoms with van der Waals surface area (Å²) in [5.41, 5.74) is 2.41. The average molecular weight is 309 g/mol. The van der Waals surface area contributed by atoms with Crippen LogP contribution >= 0.6 is 11.6 Å². The fourth-order valence-electron chi connectivity index (χ4n) is 2.31. The van der Waals surface area contributed by atoms with Crippen LogP contribution in [0.2, 0.25) is 0 Å². The maximum absolute atomic E-state index is 5.94. The number of methoxy groups -OCH3 is 1. The topological polar surface area (TPSA) is 27.1 Å². The summed E-state index contributed by atoms with van der Waals surface area (Å²) in [4.78, 5) is 4.74. The molecule has 1 atom stereocenters. The van der Waals surface area contributed by atoms with Crippen LogP contribution in [0.1, 0.15) is 33.5 Å². The lowest BCUT2D eigenvalue weighted by atomic mass is 9.82. The molecule has 2 rings (SSSR count). The molecule has 0 radical (unpaired) electrons. The molecule has 2 aromatic rings. The number of hydrogen-bond donors (Lipinski definition) is 0. The van der Waals surface area contributed by atoms with Gasteiger partial charge in [0.1, 0.15) is 11.6 Å². The van der Waals surface area contributed by atoms with Crippen molar-refractivity contribution in [1.82, 2.24) is 9.55 Å². The number of hydrogen-bond acceptors (Lipinski definition) is 2. The van der Waals surface area contributed by atoms with Crippen LogP contribution in [0.3, 0.4) is 0 Å². The monoisotopic (exact) mass is 308 g/mol. The summed E-state index contributed by atoms with van der Waals surface area (Å²) in [6, 6.07) is 6.08. The average Bonchev–Trinajstić information content (AvgIpc) is 2.75. The highest BCUT2D eigenvalue weighted by atomic mass is 35.5. The number of alkyl halides is 1. The first-order valence-electron chi connectivity index (χ1n) is 7.46. The lowest BCUT2D eigenvalue weighted by Gasteiger charge is -2.28. The van der Waals surface area contributed by atoms with E-state index in [2.05, 4.69) is 38.3 Å². The summed E-state index contributed by atoms with van der Waals surface area (Å²) in [5, 5.41) is 0. The van der Waals surface area contributed by atoms with Crippen LogP contribution in [-0.2, 0) is 13.0 Å². The number of halogens is 1. The van der Waals surface area contributed by atoms with Gasteiger partial charge in [-0.05, 0) is 23.5 Å². The van der Waals surface area contributed by atoms with Crippen molar-refractivity contribution in [2.75, 3.05) is 13.0 Å². The zero-order chi connectivity index (χ0) is 15.6. The van der Waals surface area contributed by atoms with Gasteiger partial charge >= 0.3 is 0 Å². The zero-order valence-electron chi connectivity index (χ0n) is 13.6. The van der Waals surface area contributed by atoms with E-state index in [1.165, 1.54) is 0 Å². The smallest absolute Gasteiger partial charge is 0.121 e. The fourth-order valence-corrected chi connectivity index (χ4v) is 2.48. The van der Waals surface area contributed by atoms with E-state index in [4.69, 9.17) is 21.3 Å². The van der Waals surface area contributed by atoms with Crippen LogP contribution in [0, 0.1) is 11.3 Å². The highest BCUT2D eigenvalue weighted by Gasteiger charge is 2.22. The van der Waals surface area contributed by atoms with Gasteiger partial charge in [-0.3, -0.25) is 0 Å².